The minimum absolute atomic E-state index is 0.751. The molecule has 0 aromatic heterocycles. The van der Waals surface area contributed by atoms with Gasteiger partial charge in [0, 0.05) is 0 Å². The van der Waals surface area contributed by atoms with Crippen LogP contribution in [-0.2, 0) is 6.42 Å². The summed E-state index contributed by atoms with van der Waals surface area (Å²) < 4.78 is 15.7. The van der Waals surface area contributed by atoms with Crippen molar-refractivity contribution >= 4 is 0 Å². The summed E-state index contributed by atoms with van der Waals surface area (Å²) in [5.74, 6) is 2.38. The maximum atomic E-state index is 5.31. The van der Waals surface area contributed by atoms with Gasteiger partial charge < -0.3 is 14.2 Å². The van der Waals surface area contributed by atoms with Crippen LogP contribution in [-0.4, -0.2) is 21.3 Å². The van der Waals surface area contributed by atoms with E-state index in [1.807, 2.05) is 30.3 Å². The summed E-state index contributed by atoms with van der Waals surface area (Å²) in [6, 6.07) is 14.0. The van der Waals surface area contributed by atoms with Crippen LogP contribution >= 0.6 is 0 Å². The molecule has 19 heavy (non-hydrogen) atoms. The fourth-order valence-corrected chi connectivity index (χ4v) is 1.97. The highest BCUT2D eigenvalue weighted by Gasteiger charge is 2.05. The lowest BCUT2D eigenvalue weighted by Crippen LogP contribution is -1.94. The normalized spacial score (nSPS) is 10.1. The Bertz CT molecular complexity index is 532. The Morgan fingerprint density at radius 1 is 0.684 bits per heavy atom. The number of ether oxygens (including phenoxy) is 3. The first-order valence-corrected chi connectivity index (χ1v) is 6.10. The topological polar surface area (TPSA) is 27.7 Å². The predicted molar refractivity (Wildman–Crippen MR) is 75.3 cm³/mol. The molecule has 0 saturated heterocycles. The largest absolute Gasteiger partial charge is 0.497 e. The quantitative estimate of drug-likeness (QED) is 0.823. The second-order valence-corrected chi connectivity index (χ2v) is 4.21. The molecule has 0 unspecified atom stereocenters. The smallest absolute Gasteiger partial charge is 0.160 e. The summed E-state index contributed by atoms with van der Waals surface area (Å²) in [4.78, 5) is 0. The van der Waals surface area contributed by atoms with Gasteiger partial charge in [0.05, 0.1) is 21.3 Å². The Balaban J connectivity index is 2.18. The van der Waals surface area contributed by atoms with E-state index in [0.29, 0.717) is 0 Å². The van der Waals surface area contributed by atoms with Crippen molar-refractivity contribution in [1.29, 1.82) is 0 Å². The van der Waals surface area contributed by atoms with Crippen molar-refractivity contribution in [2.24, 2.45) is 0 Å². The molecule has 0 atom stereocenters. The Kier molecular flexibility index (Phi) is 4.29. The summed E-state index contributed by atoms with van der Waals surface area (Å²) in [6.07, 6.45) is 0.852. The van der Waals surface area contributed by atoms with Gasteiger partial charge in [-0.2, -0.15) is 0 Å². The highest BCUT2D eigenvalue weighted by molar-refractivity contribution is 5.44. The van der Waals surface area contributed by atoms with Crippen LogP contribution in [0.15, 0.2) is 42.5 Å². The van der Waals surface area contributed by atoms with E-state index in [4.69, 9.17) is 14.2 Å². The Morgan fingerprint density at radius 3 is 1.89 bits per heavy atom. The van der Waals surface area contributed by atoms with Gasteiger partial charge in [-0.25, -0.2) is 0 Å². The molecule has 0 aliphatic rings. The molecule has 0 radical (unpaired) electrons. The summed E-state index contributed by atoms with van der Waals surface area (Å²) in [7, 11) is 4.96. The molecular weight excluding hydrogens is 240 g/mol. The molecule has 0 spiro atoms. The summed E-state index contributed by atoms with van der Waals surface area (Å²) in [5, 5.41) is 0. The Morgan fingerprint density at radius 2 is 1.32 bits per heavy atom. The van der Waals surface area contributed by atoms with Gasteiger partial charge in [0.15, 0.2) is 11.5 Å². The van der Waals surface area contributed by atoms with Crippen LogP contribution in [0.4, 0.5) is 0 Å². The molecule has 0 aliphatic heterocycles. The second-order valence-electron chi connectivity index (χ2n) is 4.21. The molecule has 0 fully saturated rings. The van der Waals surface area contributed by atoms with Crippen molar-refractivity contribution in [3.63, 3.8) is 0 Å². The minimum Gasteiger partial charge on any atom is -0.497 e. The zero-order valence-corrected chi connectivity index (χ0v) is 11.5. The van der Waals surface area contributed by atoms with Crippen LogP contribution in [0.3, 0.4) is 0 Å². The van der Waals surface area contributed by atoms with E-state index in [1.165, 1.54) is 11.1 Å². The lowest BCUT2D eigenvalue weighted by Gasteiger charge is -2.10. The van der Waals surface area contributed by atoms with Crippen LogP contribution in [0.1, 0.15) is 11.1 Å². The van der Waals surface area contributed by atoms with Crippen LogP contribution < -0.4 is 14.2 Å². The lowest BCUT2D eigenvalue weighted by molar-refractivity contribution is 0.354. The highest BCUT2D eigenvalue weighted by Crippen LogP contribution is 2.28. The molecule has 0 N–H and O–H groups in total. The maximum absolute atomic E-state index is 5.31. The minimum atomic E-state index is 0.751. The summed E-state index contributed by atoms with van der Waals surface area (Å²) in [6.45, 7) is 0. The third kappa shape index (κ3) is 3.19. The van der Waals surface area contributed by atoms with Gasteiger partial charge in [-0.05, 0) is 41.8 Å². The van der Waals surface area contributed by atoms with Crippen LogP contribution in [0.2, 0.25) is 0 Å². The van der Waals surface area contributed by atoms with Crippen molar-refractivity contribution in [3.8, 4) is 17.2 Å². The average molecular weight is 258 g/mol. The van der Waals surface area contributed by atoms with Gasteiger partial charge in [0.1, 0.15) is 5.75 Å². The molecule has 3 heteroatoms. The Labute approximate surface area is 113 Å². The fourth-order valence-electron chi connectivity index (χ4n) is 1.97. The van der Waals surface area contributed by atoms with Crippen molar-refractivity contribution in [1.82, 2.24) is 0 Å². The zero-order valence-electron chi connectivity index (χ0n) is 11.5. The zero-order chi connectivity index (χ0) is 13.7. The van der Waals surface area contributed by atoms with Crippen LogP contribution in [0.5, 0.6) is 17.2 Å². The standard InChI is InChI=1S/C16H18O3/c1-17-14-7-4-12(5-8-14)10-13-6-9-15(18-2)16(11-13)19-3/h4-9,11H,10H2,1-3H3. The average Bonchev–Trinajstić information content (AvgIpc) is 2.48. The first-order valence-electron chi connectivity index (χ1n) is 6.10. The molecule has 2 aromatic carbocycles. The van der Waals surface area contributed by atoms with Crippen molar-refractivity contribution < 1.29 is 14.2 Å². The molecule has 0 bridgehead atoms. The number of rotatable bonds is 5. The van der Waals surface area contributed by atoms with E-state index < -0.39 is 0 Å². The van der Waals surface area contributed by atoms with E-state index in [-0.39, 0.29) is 0 Å². The van der Waals surface area contributed by atoms with E-state index in [1.54, 1.807) is 21.3 Å². The van der Waals surface area contributed by atoms with Gasteiger partial charge in [-0.3, -0.25) is 0 Å². The van der Waals surface area contributed by atoms with Crippen molar-refractivity contribution in [3.05, 3.63) is 53.6 Å². The summed E-state index contributed by atoms with van der Waals surface area (Å²) in [5.41, 5.74) is 2.41. The highest BCUT2D eigenvalue weighted by atomic mass is 16.5. The number of hydrogen-bond acceptors (Lipinski definition) is 3. The van der Waals surface area contributed by atoms with Crippen LogP contribution in [0, 0.1) is 0 Å². The SMILES string of the molecule is COc1ccc(Cc2ccc(OC)c(OC)c2)cc1. The molecule has 0 saturated carbocycles. The van der Waals surface area contributed by atoms with Gasteiger partial charge in [0.25, 0.3) is 0 Å². The fraction of sp³-hybridized carbons (Fsp3) is 0.250. The van der Waals surface area contributed by atoms with E-state index in [9.17, 15) is 0 Å². The van der Waals surface area contributed by atoms with E-state index >= 15 is 0 Å². The molecule has 0 heterocycles. The van der Waals surface area contributed by atoms with Gasteiger partial charge in [-0.15, -0.1) is 0 Å². The van der Waals surface area contributed by atoms with Gasteiger partial charge >= 0.3 is 0 Å². The second kappa shape index (κ2) is 6.14. The van der Waals surface area contributed by atoms with Gasteiger partial charge in [0.2, 0.25) is 0 Å². The van der Waals surface area contributed by atoms with Crippen molar-refractivity contribution in [2.45, 2.75) is 6.42 Å². The molecule has 3 nitrogen and oxygen atoms in total. The number of methoxy groups -OCH3 is 3. The number of hydrogen-bond donors (Lipinski definition) is 0. The predicted octanol–water partition coefficient (Wildman–Crippen LogP) is 3.30. The molecule has 100 valence electrons. The lowest BCUT2D eigenvalue weighted by atomic mass is 10.0. The maximum Gasteiger partial charge on any atom is 0.160 e. The molecular formula is C16H18O3. The third-order valence-corrected chi connectivity index (χ3v) is 3.02. The van der Waals surface area contributed by atoms with E-state index in [2.05, 4.69) is 12.1 Å². The third-order valence-electron chi connectivity index (χ3n) is 3.02. The van der Waals surface area contributed by atoms with Gasteiger partial charge in [-0.1, -0.05) is 18.2 Å². The molecule has 2 rings (SSSR count). The first kappa shape index (κ1) is 13.3. The van der Waals surface area contributed by atoms with E-state index in [0.717, 1.165) is 23.7 Å². The van der Waals surface area contributed by atoms with Crippen molar-refractivity contribution in [2.75, 3.05) is 21.3 Å². The first-order chi connectivity index (χ1) is 9.26. The molecule has 2 aromatic rings. The summed E-state index contributed by atoms with van der Waals surface area (Å²) >= 11 is 0. The van der Waals surface area contributed by atoms with Crippen LogP contribution in [0.25, 0.3) is 0 Å². The number of benzene rings is 2. The monoisotopic (exact) mass is 258 g/mol. The molecule has 0 aliphatic carbocycles. The Hall–Kier alpha value is -2.16. The molecule has 0 amide bonds.